The molecule has 29 heavy (non-hydrogen) atoms. The Morgan fingerprint density at radius 1 is 1.10 bits per heavy atom. The smallest absolute Gasteiger partial charge is 0.296 e. The Hall–Kier alpha value is -2.15. The van der Waals surface area contributed by atoms with Gasteiger partial charge in [0.2, 0.25) is 0 Å². The van der Waals surface area contributed by atoms with Gasteiger partial charge in [0.15, 0.2) is 0 Å². The molecule has 0 bridgehead atoms. The highest BCUT2D eigenvalue weighted by Gasteiger charge is 2.39. The molecule has 3 aromatic rings. The summed E-state index contributed by atoms with van der Waals surface area (Å²) in [6, 6.07) is 15.5. The quantitative estimate of drug-likeness (QED) is 0.655. The van der Waals surface area contributed by atoms with Gasteiger partial charge >= 0.3 is 0 Å². The van der Waals surface area contributed by atoms with Crippen molar-refractivity contribution in [2.75, 3.05) is 19.7 Å². The van der Waals surface area contributed by atoms with Gasteiger partial charge in [-0.05, 0) is 56.5 Å². The minimum absolute atomic E-state index is 0.149. The highest BCUT2D eigenvalue weighted by Crippen LogP contribution is 2.42. The lowest BCUT2D eigenvalue weighted by Gasteiger charge is -2.44. The zero-order chi connectivity index (χ0) is 20.0. The topological polar surface area (TPSA) is 62.4 Å². The number of nitrogens with one attached hydrogen (secondary N) is 1. The van der Waals surface area contributed by atoms with Gasteiger partial charge in [0.05, 0.1) is 17.5 Å². The summed E-state index contributed by atoms with van der Waals surface area (Å²) in [6.07, 6.45) is 3.08. The number of rotatable bonds is 4. The lowest BCUT2D eigenvalue weighted by molar-refractivity contribution is 0.0544. The number of para-hydroxylation sites is 1. The van der Waals surface area contributed by atoms with Crippen LogP contribution in [0.25, 0.3) is 10.9 Å². The van der Waals surface area contributed by atoms with E-state index < -0.39 is 10.1 Å². The number of nitrogens with zero attached hydrogens (tertiary/aromatic N) is 1. The summed E-state index contributed by atoms with van der Waals surface area (Å²) in [6.45, 7) is 4.22. The second kappa shape index (κ2) is 7.27. The number of hydrogen-bond donors (Lipinski definition) is 1. The molecule has 2 aromatic carbocycles. The van der Waals surface area contributed by atoms with Crippen molar-refractivity contribution < 1.29 is 12.6 Å². The predicted octanol–water partition coefficient (Wildman–Crippen LogP) is 4.19. The fourth-order valence-corrected chi connectivity index (χ4v) is 5.90. The summed E-state index contributed by atoms with van der Waals surface area (Å²) in [4.78, 5) is 6.35. The van der Waals surface area contributed by atoms with E-state index in [9.17, 15) is 8.42 Å². The van der Waals surface area contributed by atoms with Crippen molar-refractivity contribution in [2.45, 2.75) is 37.1 Å². The first-order valence-corrected chi connectivity index (χ1v) is 11.7. The number of fused-ring (bicyclic) bond motifs is 5. The van der Waals surface area contributed by atoms with Crippen LogP contribution in [-0.2, 0) is 20.7 Å². The Balaban J connectivity index is 1.42. The summed E-state index contributed by atoms with van der Waals surface area (Å²) < 4.78 is 30.9. The number of benzene rings is 2. The number of piperidine rings is 1. The molecule has 2 aliphatic heterocycles. The molecule has 1 fully saturated rings. The van der Waals surface area contributed by atoms with Crippen molar-refractivity contribution in [2.24, 2.45) is 5.92 Å². The van der Waals surface area contributed by atoms with Crippen LogP contribution in [0.1, 0.15) is 35.7 Å². The molecule has 5 rings (SSSR count). The van der Waals surface area contributed by atoms with Gasteiger partial charge in [-0.2, -0.15) is 8.42 Å². The minimum atomic E-state index is -3.74. The van der Waals surface area contributed by atoms with E-state index >= 15 is 0 Å². The Morgan fingerprint density at radius 3 is 2.72 bits per heavy atom. The van der Waals surface area contributed by atoms with Crippen LogP contribution in [0.15, 0.2) is 53.4 Å². The Kier molecular flexibility index (Phi) is 4.73. The Bertz CT molecular complexity index is 1130. The second-order valence-corrected chi connectivity index (χ2v) is 9.86. The molecule has 0 spiro atoms. The normalized spacial score (nSPS) is 22.4. The van der Waals surface area contributed by atoms with Crippen molar-refractivity contribution in [3.05, 3.63) is 65.4 Å². The van der Waals surface area contributed by atoms with Gasteiger partial charge in [-0.1, -0.05) is 35.9 Å². The maximum Gasteiger partial charge on any atom is 0.296 e. The average Bonchev–Trinajstić information content (AvgIpc) is 3.11. The predicted molar refractivity (Wildman–Crippen MR) is 113 cm³/mol. The first-order chi connectivity index (χ1) is 14.0. The zero-order valence-corrected chi connectivity index (χ0v) is 17.4. The third-order valence-corrected chi connectivity index (χ3v) is 7.69. The minimum Gasteiger partial charge on any atom is -0.357 e. The maximum atomic E-state index is 12.7. The molecule has 152 valence electrons. The average molecular weight is 411 g/mol. The highest BCUT2D eigenvalue weighted by molar-refractivity contribution is 7.86. The van der Waals surface area contributed by atoms with Crippen LogP contribution in [0, 0.1) is 12.8 Å². The van der Waals surface area contributed by atoms with Crippen LogP contribution in [0.2, 0.25) is 0 Å². The van der Waals surface area contributed by atoms with Crippen LogP contribution in [0.5, 0.6) is 0 Å². The van der Waals surface area contributed by atoms with Crippen LogP contribution >= 0.6 is 0 Å². The SMILES string of the molecule is Cc1ccc(S(=O)(=O)OC[C@H]2CCCN3CCc4c([nH]c5ccccc45)[C@H]23)cc1. The van der Waals surface area contributed by atoms with Crippen molar-refractivity contribution in [1.29, 1.82) is 0 Å². The standard InChI is InChI=1S/C23H26N2O3S/c1-16-8-10-18(11-9-16)29(26,27)28-15-17-5-4-13-25-14-12-20-19-6-2-3-7-21(19)24-22(20)23(17)25/h2-3,6-11,17,23-24H,4-5,12-15H2,1H3/t17-,23+/m1/s1. The van der Waals surface area contributed by atoms with E-state index in [1.807, 2.05) is 6.92 Å². The lowest BCUT2D eigenvalue weighted by Crippen LogP contribution is -2.44. The fourth-order valence-electron chi connectivity index (χ4n) is 4.94. The van der Waals surface area contributed by atoms with Gasteiger partial charge in [-0.15, -0.1) is 0 Å². The van der Waals surface area contributed by atoms with E-state index in [0.29, 0.717) is 0 Å². The molecule has 2 aliphatic rings. The van der Waals surface area contributed by atoms with E-state index in [2.05, 4.69) is 34.1 Å². The van der Waals surface area contributed by atoms with Crippen molar-refractivity contribution in [3.63, 3.8) is 0 Å². The first kappa shape index (κ1) is 18.9. The molecule has 3 heterocycles. The van der Waals surface area contributed by atoms with E-state index in [1.165, 1.54) is 16.6 Å². The summed E-state index contributed by atoms with van der Waals surface area (Å²) in [5.41, 5.74) is 4.82. The molecule has 1 saturated heterocycles. The van der Waals surface area contributed by atoms with Crippen molar-refractivity contribution >= 4 is 21.0 Å². The molecule has 0 aliphatic carbocycles. The molecule has 5 nitrogen and oxygen atoms in total. The van der Waals surface area contributed by atoms with Crippen LogP contribution in [0.3, 0.4) is 0 Å². The third-order valence-electron chi connectivity index (χ3n) is 6.40. The van der Waals surface area contributed by atoms with Crippen LogP contribution < -0.4 is 0 Å². The third kappa shape index (κ3) is 3.39. The number of hydrogen-bond acceptors (Lipinski definition) is 4. The summed E-state index contributed by atoms with van der Waals surface area (Å²) in [5.74, 6) is 0.149. The molecular formula is C23H26N2O3S. The van der Waals surface area contributed by atoms with Gasteiger partial charge in [-0.25, -0.2) is 0 Å². The van der Waals surface area contributed by atoms with Gasteiger partial charge in [-0.3, -0.25) is 9.08 Å². The van der Waals surface area contributed by atoms with E-state index in [0.717, 1.165) is 43.4 Å². The highest BCUT2D eigenvalue weighted by atomic mass is 32.2. The van der Waals surface area contributed by atoms with Gasteiger partial charge in [0.1, 0.15) is 0 Å². The maximum absolute atomic E-state index is 12.7. The van der Waals surface area contributed by atoms with E-state index in [1.54, 1.807) is 24.3 Å². The van der Waals surface area contributed by atoms with Gasteiger partial charge in [0.25, 0.3) is 10.1 Å². The molecule has 6 heteroatoms. The largest absolute Gasteiger partial charge is 0.357 e. The van der Waals surface area contributed by atoms with Crippen molar-refractivity contribution in [1.82, 2.24) is 9.88 Å². The monoisotopic (exact) mass is 410 g/mol. The number of H-pyrrole nitrogens is 1. The fraction of sp³-hybridized carbons (Fsp3) is 0.391. The number of aromatic amines is 1. The first-order valence-electron chi connectivity index (χ1n) is 10.3. The van der Waals surface area contributed by atoms with Gasteiger partial charge < -0.3 is 4.98 Å². The Labute approximate surface area is 171 Å². The molecule has 2 atom stereocenters. The molecule has 0 amide bonds. The second-order valence-electron chi connectivity index (χ2n) is 8.25. The summed E-state index contributed by atoms with van der Waals surface area (Å²) >= 11 is 0. The lowest BCUT2D eigenvalue weighted by atomic mass is 9.83. The molecule has 0 unspecified atom stereocenters. The van der Waals surface area contributed by atoms with Crippen LogP contribution in [-0.4, -0.2) is 38.0 Å². The van der Waals surface area contributed by atoms with Crippen molar-refractivity contribution in [3.8, 4) is 0 Å². The molecule has 0 saturated carbocycles. The molecule has 0 radical (unpaired) electrons. The van der Waals surface area contributed by atoms with Gasteiger partial charge in [0, 0.05) is 29.1 Å². The number of aromatic nitrogens is 1. The Morgan fingerprint density at radius 2 is 1.90 bits per heavy atom. The molecule has 1 N–H and O–H groups in total. The molecular weight excluding hydrogens is 384 g/mol. The van der Waals surface area contributed by atoms with Crippen LogP contribution in [0.4, 0.5) is 0 Å². The summed E-state index contributed by atoms with van der Waals surface area (Å²) in [7, 11) is -3.74. The summed E-state index contributed by atoms with van der Waals surface area (Å²) in [5, 5.41) is 1.29. The number of aryl methyl sites for hydroxylation is 1. The van der Waals surface area contributed by atoms with E-state index in [-0.39, 0.29) is 23.5 Å². The zero-order valence-electron chi connectivity index (χ0n) is 16.6. The van der Waals surface area contributed by atoms with E-state index in [4.69, 9.17) is 4.18 Å². The molecule has 1 aromatic heterocycles.